The van der Waals surface area contributed by atoms with E-state index >= 15 is 0 Å². The van der Waals surface area contributed by atoms with E-state index in [4.69, 9.17) is 5.11 Å². The molecule has 1 aliphatic rings. The highest BCUT2D eigenvalue weighted by Crippen LogP contribution is 2.20. The van der Waals surface area contributed by atoms with Crippen molar-refractivity contribution in [2.24, 2.45) is 0 Å². The van der Waals surface area contributed by atoms with Gasteiger partial charge >= 0.3 is 5.97 Å². The van der Waals surface area contributed by atoms with Crippen LogP contribution in [0.25, 0.3) is 0 Å². The van der Waals surface area contributed by atoms with Gasteiger partial charge in [-0.2, -0.15) is 0 Å². The molecule has 1 aliphatic heterocycles. The standard InChI is InChI=1S/C16H20N2O4/c1-11-9-18(12(2)19)14(8-15(20)21)10-17(11)16(22)13-6-4-3-5-7-13/h3-7,11,14H,8-10H2,1-2H3,(H,20,21)/t11-,14-/m1/s1. The molecule has 0 radical (unpaired) electrons. The highest BCUT2D eigenvalue weighted by atomic mass is 16.4. The summed E-state index contributed by atoms with van der Waals surface area (Å²) in [5.41, 5.74) is 0.569. The third-order valence-electron chi connectivity index (χ3n) is 3.94. The fourth-order valence-electron chi connectivity index (χ4n) is 2.83. The lowest BCUT2D eigenvalue weighted by Gasteiger charge is -2.44. The number of nitrogens with zero attached hydrogens (tertiary/aromatic N) is 2. The molecule has 0 bridgehead atoms. The van der Waals surface area contributed by atoms with Crippen LogP contribution in [0.1, 0.15) is 30.6 Å². The summed E-state index contributed by atoms with van der Waals surface area (Å²) in [6.45, 7) is 3.89. The molecule has 1 fully saturated rings. The second-order valence-corrected chi connectivity index (χ2v) is 5.60. The first-order valence-electron chi connectivity index (χ1n) is 7.25. The Morgan fingerprint density at radius 2 is 1.77 bits per heavy atom. The summed E-state index contributed by atoms with van der Waals surface area (Å²) in [5, 5.41) is 9.03. The number of piperazine rings is 1. The molecule has 2 atom stereocenters. The molecule has 0 aliphatic carbocycles. The van der Waals surface area contributed by atoms with Crippen molar-refractivity contribution in [1.82, 2.24) is 9.80 Å². The molecule has 1 heterocycles. The zero-order chi connectivity index (χ0) is 16.3. The summed E-state index contributed by atoms with van der Waals surface area (Å²) >= 11 is 0. The van der Waals surface area contributed by atoms with Crippen molar-refractivity contribution >= 4 is 17.8 Å². The largest absolute Gasteiger partial charge is 0.481 e. The van der Waals surface area contributed by atoms with Crippen LogP contribution in [0.2, 0.25) is 0 Å². The molecular formula is C16H20N2O4. The first kappa shape index (κ1) is 16.0. The first-order valence-corrected chi connectivity index (χ1v) is 7.25. The summed E-state index contributed by atoms with van der Waals surface area (Å²) < 4.78 is 0. The van der Waals surface area contributed by atoms with Gasteiger partial charge in [-0.25, -0.2) is 0 Å². The van der Waals surface area contributed by atoms with Crippen molar-refractivity contribution < 1.29 is 19.5 Å². The Morgan fingerprint density at radius 1 is 1.14 bits per heavy atom. The van der Waals surface area contributed by atoms with Crippen LogP contribution in [0.3, 0.4) is 0 Å². The van der Waals surface area contributed by atoms with Crippen molar-refractivity contribution in [2.75, 3.05) is 13.1 Å². The van der Waals surface area contributed by atoms with Crippen LogP contribution >= 0.6 is 0 Å². The van der Waals surface area contributed by atoms with Gasteiger partial charge in [-0.1, -0.05) is 18.2 Å². The van der Waals surface area contributed by atoms with E-state index in [0.717, 1.165) is 0 Å². The van der Waals surface area contributed by atoms with Crippen molar-refractivity contribution in [3.05, 3.63) is 35.9 Å². The molecule has 1 saturated heterocycles. The molecule has 1 aromatic rings. The summed E-state index contributed by atoms with van der Waals surface area (Å²) in [7, 11) is 0. The number of amides is 2. The molecule has 0 saturated carbocycles. The predicted molar refractivity (Wildman–Crippen MR) is 80.4 cm³/mol. The van der Waals surface area contributed by atoms with E-state index in [-0.39, 0.29) is 30.8 Å². The second-order valence-electron chi connectivity index (χ2n) is 5.60. The summed E-state index contributed by atoms with van der Waals surface area (Å²) in [4.78, 5) is 38.5. The van der Waals surface area contributed by atoms with E-state index in [2.05, 4.69) is 0 Å². The summed E-state index contributed by atoms with van der Waals surface area (Å²) in [6, 6.07) is 8.25. The Bertz CT molecular complexity index is 573. The molecular weight excluding hydrogens is 284 g/mol. The van der Waals surface area contributed by atoms with E-state index in [1.54, 1.807) is 34.1 Å². The molecule has 6 nitrogen and oxygen atoms in total. The molecule has 6 heteroatoms. The number of carbonyl (C=O) groups excluding carboxylic acids is 2. The number of benzene rings is 1. The van der Waals surface area contributed by atoms with Crippen LogP contribution in [0.4, 0.5) is 0 Å². The van der Waals surface area contributed by atoms with Crippen molar-refractivity contribution in [3.8, 4) is 0 Å². The molecule has 0 spiro atoms. The SMILES string of the molecule is CC(=O)N1C[C@@H](C)N(C(=O)c2ccccc2)C[C@H]1CC(=O)O. The maximum atomic E-state index is 12.6. The average molecular weight is 304 g/mol. The van der Waals surface area contributed by atoms with Gasteiger partial charge in [0, 0.05) is 31.6 Å². The summed E-state index contributed by atoms with van der Waals surface area (Å²) in [6.07, 6.45) is -0.162. The van der Waals surface area contributed by atoms with Crippen LogP contribution in [0, 0.1) is 0 Å². The number of carboxylic acids is 1. The molecule has 1 aromatic carbocycles. The second kappa shape index (κ2) is 6.60. The van der Waals surface area contributed by atoms with Gasteiger partial charge in [0.05, 0.1) is 12.5 Å². The van der Waals surface area contributed by atoms with Gasteiger partial charge in [-0.3, -0.25) is 14.4 Å². The topological polar surface area (TPSA) is 77.9 Å². The van der Waals surface area contributed by atoms with Gasteiger partial charge in [0.25, 0.3) is 5.91 Å². The highest BCUT2D eigenvalue weighted by Gasteiger charge is 2.36. The van der Waals surface area contributed by atoms with Crippen molar-refractivity contribution in [1.29, 1.82) is 0 Å². The Labute approximate surface area is 129 Å². The van der Waals surface area contributed by atoms with E-state index < -0.39 is 12.0 Å². The summed E-state index contributed by atoms with van der Waals surface area (Å²) in [5.74, 6) is -1.27. The number of carboxylic acid groups (broad SMARTS) is 1. The number of aliphatic carboxylic acids is 1. The minimum atomic E-state index is -0.974. The van der Waals surface area contributed by atoms with Crippen molar-refractivity contribution in [3.63, 3.8) is 0 Å². The number of hydrogen-bond donors (Lipinski definition) is 1. The van der Waals surface area contributed by atoms with Crippen LogP contribution < -0.4 is 0 Å². The van der Waals surface area contributed by atoms with Crippen LogP contribution in [-0.2, 0) is 9.59 Å². The van der Waals surface area contributed by atoms with Crippen LogP contribution in [-0.4, -0.2) is 57.9 Å². The fraction of sp³-hybridized carbons (Fsp3) is 0.438. The van der Waals surface area contributed by atoms with E-state index in [1.807, 2.05) is 13.0 Å². The lowest BCUT2D eigenvalue weighted by molar-refractivity contribution is -0.142. The fourth-order valence-corrected chi connectivity index (χ4v) is 2.83. The molecule has 22 heavy (non-hydrogen) atoms. The number of rotatable bonds is 3. The number of carbonyl (C=O) groups is 3. The Morgan fingerprint density at radius 3 is 2.32 bits per heavy atom. The Hall–Kier alpha value is -2.37. The molecule has 118 valence electrons. The third kappa shape index (κ3) is 3.44. The highest BCUT2D eigenvalue weighted by molar-refractivity contribution is 5.94. The number of hydrogen-bond acceptors (Lipinski definition) is 3. The quantitative estimate of drug-likeness (QED) is 0.911. The zero-order valence-corrected chi connectivity index (χ0v) is 12.7. The predicted octanol–water partition coefficient (Wildman–Crippen LogP) is 1.22. The average Bonchev–Trinajstić information content (AvgIpc) is 2.48. The maximum Gasteiger partial charge on any atom is 0.305 e. The van der Waals surface area contributed by atoms with Gasteiger partial charge in [0.2, 0.25) is 5.91 Å². The molecule has 1 N–H and O–H groups in total. The normalized spacial score (nSPS) is 21.5. The molecule has 2 rings (SSSR count). The van der Waals surface area contributed by atoms with Crippen LogP contribution in [0.5, 0.6) is 0 Å². The van der Waals surface area contributed by atoms with Crippen molar-refractivity contribution in [2.45, 2.75) is 32.4 Å². The first-order chi connectivity index (χ1) is 10.4. The van der Waals surface area contributed by atoms with Gasteiger partial charge in [-0.15, -0.1) is 0 Å². The zero-order valence-electron chi connectivity index (χ0n) is 12.7. The van der Waals surface area contributed by atoms with E-state index in [9.17, 15) is 14.4 Å². The minimum absolute atomic E-state index is 0.133. The van der Waals surface area contributed by atoms with E-state index in [0.29, 0.717) is 12.1 Å². The Balaban J connectivity index is 2.21. The lowest BCUT2D eigenvalue weighted by atomic mass is 10.0. The van der Waals surface area contributed by atoms with E-state index in [1.165, 1.54) is 6.92 Å². The lowest BCUT2D eigenvalue weighted by Crippen LogP contribution is -2.60. The smallest absolute Gasteiger partial charge is 0.305 e. The van der Waals surface area contributed by atoms with Gasteiger partial charge in [0.15, 0.2) is 0 Å². The third-order valence-corrected chi connectivity index (χ3v) is 3.94. The molecule has 0 aromatic heterocycles. The monoisotopic (exact) mass is 304 g/mol. The Kier molecular flexibility index (Phi) is 4.80. The minimum Gasteiger partial charge on any atom is -0.481 e. The maximum absolute atomic E-state index is 12.6. The molecule has 0 unspecified atom stereocenters. The van der Waals surface area contributed by atoms with Gasteiger partial charge in [-0.05, 0) is 19.1 Å². The van der Waals surface area contributed by atoms with Gasteiger partial charge in [0.1, 0.15) is 0 Å². The van der Waals surface area contributed by atoms with Gasteiger partial charge < -0.3 is 14.9 Å². The van der Waals surface area contributed by atoms with Crippen LogP contribution in [0.15, 0.2) is 30.3 Å². The molecule has 2 amide bonds.